The highest BCUT2D eigenvalue weighted by Crippen LogP contribution is 2.45. The Morgan fingerprint density at radius 3 is 2.71 bits per heavy atom. The van der Waals surface area contributed by atoms with Gasteiger partial charge in [-0.1, -0.05) is 26.2 Å². The van der Waals surface area contributed by atoms with E-state index in [0.717, 1.165) is 31.0 Å². The third-order valence-electron chi connectivity index (χ3n) is 4.88. The summed E-state index contributed by atoms with van der Waals surface area (Å²) >= 11 is 0. The molecule has 3 heteroatoms. The number of hydrogen-bond donors (Lipinski definition) is 1. The van der Waals surface area contributed by atoms with Gasteiger partial charge in [0.1, 0.15) is 6.61 Å². The fourth-order valence-electron chi connectivity index (χ4n) is 4.08. The second-order valence-corrected chi connectivity index (χ2v) is 6.10. The Kier molecular flexibility index (Phi) is 3.01. The topological polar surface area (TPSA) is 33.6 Å². The van der Waals surface area contributed by atoms with Gasteiger partial charge in [-0.3, -0.25) is 0 Å². The molecule has 96 valence electrons. The van der Waals surface area contributed by atoms with Gasteiger partial charge in [-0.05, 0) is 37.5 Å². The van der Waals surface area contributed by atoms with Crippen molar-refractivity contribution in [2.75, 3.05) is 13.2 Å². The number of aliphatic imine (C=N–C) groups is 1. The van der Waals surface area contributed by atoms with Crippen molar-refractivity contribution in [1.82, 2.24) is 5.32 Å². The van der Waals surface area contributed by atoms with E-state index >= 15 is 0 Å². The largest absolute Gasteiger partial charge is 0.463 e. The summed E-state index contributed by atoms with van der Waals surface area (Å²) in [4.78, 5) is 4.40. The van der Waals surface area contributed by atoms with E-state index < -0.39 is 0 Å². The van der Waals surface area contributed by atoms with Gasteiger partial charge in [0.05, 0.1) is 6.54 Å². The van der Waals surface area contributed by atoms with Gasteiger partial charge in [-0.15, -0.1) is 0 Å². The second kappa shape index (κ2) is 4.51. The average Bonchev–Trinajstić information content (AvgIpc) is 2.81. The van der Waals surface area contributed by atoms with Gasteiger partial charge in [-0.2, -0.15) is 0 Å². The second-order valence-electron chi connectivity index (χ2n) is 6.10. The Bertz CT molecular complexity index is 301. The lowest BCUT2D eigenvalue weighted by Gasteiger charge is -2.47. The molecular formula is C14H24N2O. The van der Waals surface area contributed by atoms with Crippen molar-refractivity contribution in [3.63, 3.8) is 0 Å². The number of rotatable bonds is 2. The number of amidine groups is 1. The lowest BCUT2D eigenvalue weighted by Crippen LogP contribution is -2.53. The van der Waals surface area contributed by atoms with Crippen LogP contribution >= 0.6 is 0 Å². The summed E-state index contributed by atoms with van der Waals surface area (Å²) in [5.74, 6) is 1.88. The maximum Gasteiger partial charge on any atom is 0.285 e. The number of fused-ring (bicyclic) bond motifs is 2. The SMILES string of the molecule is CCC1(NC2=NCCO2)CC2CCCC(C2)C1. The first-order valence-corrected chi connectivity index (χ1v) is 7.25. The molecule has 0 aromatic carbocycles. The fraction of sp³-hybridized carbons (Fsp3) is 0.929. The molecular weight excluding hydrogens is 212 g/mol. The molecule has 1 aliphatic heterocycles. The van der Waals surface area contributed by atoms with E-state index in [4.69, 9.17) is 4.74 Å². The molecule has 0 amide bonds. The third-order valence-corrected chi connectivity index (χ3v) is 4.88. The highest BCUT2D eigenvalue weighted by Gasteiger charge is 2.42. The average molecular weight is 236 g/mol. The van der Waals surface area contributed by atoms with E-state index in [1.165, 1.54) is 44.9 Å². The van der Waals surface area contributed by atoms with Crippen molar-refractivity contribution in [1.29, 1.82) is 0 Å². The molecule has 0 radical (unpaired) electrons. The molecule has 3 aliphatic rings. The molecule has 0 saturated heterocycles. The number of ether oxygens (including phenoxy) is 1. The Balaban J connectivity index is 1.72. The van der Waals surface area contributed by atoms with Crippen LogP contribution in [0.3, 0.4) is 0 Å². The molecule has 2 aliphatic carbocycles. The van der Waals surface area contributed by atoms with E-state index in [9.17, 15) is 0 Å². The molecule has 1 N–H and O–H groups in total. The lowest BCUT2D eigenvalue weighted by atomic mass is 9.64. The summed E-state index contributed by atoms with van der Waals surface area (Å²) in [5.41, 5.74) is 0.275. The fourth-order valence-corrected chi connectivity index (χ4v) is 4.08. The minimum absolute atomic E-state index is 0.275. The maximum atomic E-state index is 5.54. The van der Waals surface area contributed by atoms with Crippen LogP contribution < -0.4 is 5.32 Å². The predicted molar refractivity (Wildman–Crippen MR) is 69.1 cm³/mol. The van der Waals surface area contributed by atoms with Crippen molar-refractivity contribution in [2.45, 2.75) is 57.4 Å². The summed E-state index contributed by atoms with van der Waals surface area (Å²) in [6.07, 6.45) is 9.64. The molecule has 3 rings (SSSR count). The van der Waals surface area contributed by atoms with Crippen molar-refractivity contribution >= 4 is 6.02 Å². The first-order valence-electron chi connectivity index (χ1n) is 7.25. The first-order chi connectivity index (χ1) is 8.30. The maximum absolute atomic E-state index is 5.54. The Labute approximate surface area is 104 Å². The molecule has 0 spiro atoms. The van der Waals surface area contributed by atoms with Crippen molar-refractivity contribution < 1.29 is 4.74 Å². The van der Waals surface area contributed by atoms with Crippen LogP contribution in [0.4, 0.5) is 0 Å². The first kappa shape index (κ1) is 11.4. The molecule has 3 nitrogen and oxygen atoms in total. The quantitative estimate of drug-likeness (QED) is 0.800. The Morgan fingerprint density at radius 2 is 2.12 bits per heavy atom. The zero-order valence-corrected chi connectivity index (χ0v) is 10.9. The summed E-state index contributed by atoms with van der Waals surface area (Å²) in [5, 5.41) is 3.64. The van der Waals surface area contributed by atoms with E-state index in [1.807, 2.05) is 0 Å². The molecule has 1 heterocycles. The van der Waals surface area contributed by atoms with Gasteiger partial charge in [0.2, 0.25) is 0 Å². The van der Waals surface area contributed by atoms with Crippen molar-refractivity contribution in [2.24, 2.45) is 16.8 Å². The van der Waals surface area contributed by atoms with E-state index in [2.05, 4.69) is 17.2 Å². The van der Waals surface area contributed by atoms with Gasteiger partial charge in [0.15, 0.2) is 0 Å². The van der Waals surface area contributed by atoms with Crippen molar-refractivity contribution in [3.8, 4) is 0 Å². The Hall–Kier alpha value is -0.730. The zero-order chi connectivity index (χ0) is 11.7. The molecule has 2 saturated carbocycles. The van der Waals surface area contributed by atoms with Crippen LogP contribution in [-0.2, 0) is 4.74 Å². The van der Waals surface area contributed by atoms with Gasteiger partial charge in [0.25, 0.3) is 6.02 Å². The van der Waals surface area contributed by atoms with E-state index in [0.29, 0.717) is 0 Å². The summed E-state index contributed by atoms with van der Waals surface area (Å²) in [6.45, 7) is 3.90. The Morgan fingerprint density at radius 1 is 1.35 bits per heavy atom. The summed E-state index contributed by atoms with van der Waals surface area (Å²) in [6, 6.07) is 0.812. The smallest absolute Gasteiger partial charge is 0.285 e. The summed E-state index contributed by atoms with van der Waals surface area (Å²) in [7, 11) is 0. The molecule has 17 heavy (non-hydrogen) atoms. The normalized spacial score (nSPS) is 40.6. The summed E-state index contributed by atoms with van der Waals surface area (Å²) < 4.78 is 5.54. The number of nitrogens with one attached hydrogen (secondary N) is 1. The predicted octanol–water partition coefficient (Wildman–Crippen LogP) is 2.71. The lowest BCUT2D eigenvalue weighted by molar-refractivity contribution is 0.0930. The van der Waals surface area contributed by atoms with Crippen LogP contribution in [0.2, 0.25) is 0 Å². The van der Waals surface area contributed by atoms with Crippen LogP contribution in [0.15, 0.2) is 4.99 Å². The molecule has 2 unspecified atom stereocenters. The molecule has 0 aromatic heterocycles. The van der Waals surface area contributed by atoms with Crippen LogP contribution in [-0.4, -0.2) is 24.7 Å². The molecule has 2 atom stereocenters. The van der Waals surface area contributed by atoms with Gasteiger partial charge >= 0.3 is 0 Å². The van der Waals surface area contributed by atoms with E-state index in [-0.39, 0.29) is 5.54 Å². The third kappa shape index (κ3) is 2.29. The van der Waals surface area contributed by atoms with Gasteiger partial charge in [-0.25, -0.2) is 4.99 Å². The molecule has 2 bridgehead atoms. The van der Waals surface area contributed by atoms with Gasteiger partial charge in [0, 0.05) is 5.54 Å². The molecule has 0 aromatic rings. The van der Waals surface area contributed by atoms with Crippen LogP contribution in [0.5, 0.6) is 0 Å². The highest BCUT2D eigenvalue weighted by atomic mass is 16.5. The zero-order valence-electron chi connectivity index (χ0n) is 10.9. The standard InChI is InChI=1S/C14H24N2O/c1-2-14(16-13-15-6-7-17-13)9-11-4-3-5-12(8-11)10-14/h11-12H,2-10H2,1H3,(H,15,16). The number of nitrogens with zero attached hydrogens (tertiary/aromatic N) is 1. The minimum Gasteiger partial charge on any atom is -0.463 e. The van der Waals surface area contributed by atoms with Gasteiger partial charge < -0.3 is 10.1 Å². The highest BCUT2D eigenvalue weighted by molar-refractivity contribution is 5.75. The van der Waals surface area contributed by atoms with Crippen molar-refractivity contribution in [3.05, 3.63) is 0 Å². The minimum atomic E-state index is 0.275. The monoisotopic (exact) mass is 236 g/mol. The van der Waals surface area contributed by atoms with Crippen LogP contribution in [0.25, 0.3) is 0 Å². The van der Waals surface area contributed by atoms with Crippen LogP contribution in [0, 0.1) is 11.8 Å². The van der Waals surface area contributed by atoms with Crippen LogP contribution in [0.1, 0.15) is 51.9 Å². The number of hydrogen-bond acceptors (Lipinski definition) is 3. The molecule has 2 fully saturated rings. The van der Waals surface area contributed by atoms with E-state index in [1.54, 1.807) is 0 Å².